The van der Waals surface area contributed by atoms with Crippen molar-refractivity contribution in [3.05, 3.63) is 72.3 Å². The lowest BCUT2D eigenvalue weighted by Crippen LogP contribution is -2.02. The molecule has 1 unspecified atom stereocenters. The molecule has 0 radical (unpaired) electrons. The van der Waals surface area contributed by atoms with Crippen molar-refractivity contribution in [2.45, 2.75) is 11.8 Å². The molecule has 0 aliphatic heterocycles. The van der Waals surface area contributed by atoms with Gasteiger partial charge in [-0.05, 0) is 41.5 Å². The first-order valence-electron chi connectivity index (χ1n) is 6.38. The number of para-hydroxylation sites is 1. The van der Waals surface area contributed by atoms with Crippen LogP contribution in [0, 0.1) is 6.92 Å². The van der Waals surface area contributed by atoms with Crippen LogP contribution in [0.3, 0.4) is 0 Å². The molecule has 3 heteroatoms. The Bertz CT molecular complexity index is 781. The Labute approximate surface area is 120 Å². The van der Waals surface area contributed by atoms with Crippen molar-refractivity contribution in [2.24, 2.45) is 0 Å². The smallest absolute Gasteiger partial charge is 0.240 e. The van der Waals surface area contributed by atoms with Gasteiger partial charge < -0.3 is 4.18 Å². The van der Waals surface area contributed by atoms with E-state index >= 15 is 0 Å². The van der Waals surface area contributed by atoms with Crippen molar-refractivity contribution in [1.29, 1.82) is 0 Å². The lowest BCUT2D eigenvalue weighted by molar-refractivity contribution is 0.559. The number of aryl methyl sites for hydroxylation is 1. The molecule has 0 heterocycles. The van der Waals surface area contributed by atoms with E-state index in [1.807, 2.05) is 73.7 Å². The second-order valence-electron chi connectivity index (χ2n) is 4.59. The van der Waals surface area contributed by atoms with Crippen LogP contribution in [0.2, 0.25) is 0 Å². The van der Waals surface area contributed by atoms with Crippen LogP contribution in [0.4, 0.5) is 0 Å². The Kier molecular flexibility index (Phi) is 3.52. The minimum Gasteiger partial charge on any atom is -0.397 e. The number of rotatable bonds is 3. The fourth-order valence-electron chi connectivity index (χ4n) is 2.05. The van der Waals surface area contributed by atoms with Crippen molar-refractivity contribution in [1.82, 2.24) is 0 Å². The molecule has 0 saturated carbocycles. The average molecular weight is 282 g/mol. The van der Waals surface area contributed by atoms with Crippen LogP contribution in [0.5, 0.6) is 5.75 Å². The molecule has 3 rings (SSSR count). The van der Waals surface area contributed by atoms with E-state index in [1.54, 1.807) is 0 Å². The molecule has 0 aliphatic carbocycles. The van der Waals surface area contributed by atoms with Crippen LogP contribution >= 0.6 is 0 Å². The van der Waals surface area contributed by atoms with Crippen molar-refractivity contribution >= 4 is 21.9 Å². The number of hydrogen-bond donors (Lipinski definition) is 0. The molecule has 3 aromatic rings. The molecule has 0 aromatic heterocycles. The molecule has 20 heavy (non-hydrogen) atoms. The van der Waals surface area contributed by atoms with Gasteiger partial charge in [-0.3, -0.25) is 0 Å². The maximum Gasteiger partial charge on any atom is 0.240 e. The summed E-state index contributed by atoms with van der Waals surface area (Å²) in [5, 5.41) is 2.19. The molecule has 0 spiro atoms. The van der Waals surface area contributed by atoms with E-state index in [4.69, 9.17) is 4.18 Å². The molecular weight excluding hydrogens is 268 g/mol. The molecule has 2 nitrogen and oxygen atoms in total. The van der Waals surface area contributed by atoms with Crippen molar-refractivity contribution in [2.75, 3.05) is 0 Å². The summed E-state index contributed by atoms with van der Waals surface area (Å²) in [5.74, 6) is 0.652. The predicted molar refractivity (Wildman–Crippen MR) is 82.2 cm³/mol. The van der Waals surface area contributed by atoms with Gasteiger partial charge in [-0.1, -0.05) is 48.5 Å². The second-order valence-corrected chi connectivity index (χ2v) is 5.70. The van der Waals surface area contributed by atoms with Gasteiger partial charge >= 0.3 is 0 Å². The van der Waals surface area contributed by atoms with E-state index in [-0.39, 0.29) is 0 Å². The third-order valence-corrected chi connectivity index (χ3v) is 4.14. The highest BCUT2D eigenvalue weighted by molar-refractivity contribution is 7.80. The zero-order chi connectivity index (χ0) is 13.9. The lowest BCUT2D eigenvalue weighted by Gasteiger charge is -2.08. The fourth-order valence-corrected chi connectivity index (χ4v) is 2.90. The van der Waals surface area contributed by atoms with E-state index in [0.29, 0.717) is 10.6 Å². The Hall–Kier alpha value is -2.13. The van der Waals surface area contributed by atoms with Crippen molar-refractivity contribution in [3.63, 3.8) is 0 Å². The van der Waals surface area contributed by atoms with Gasteiger partial charge in [0.1, 0.15) is 5.75 Å². The van der Waals surface area contributed by atoms with E-state index in [0.717, 1.165) is 16.3 Å². The first-order chi connectivity index (χ1) is 9.74. The summed E-state index contributed by atoms with van der Waals surface area (Å²) in [6.07, 6.45) is 0. The Morgan fingerprint density at radius 2 is 1.55 bits per heavy atom. The normalized spacial score (nSPS) is 12.2. The highest BCUT2D eigenvalue weighted by Crippen LogP contribution is 2.22. The lowest BCUT2D eigenvalue weighted by atomic mass is 10.1. The highest BCUT2D eigenvalue weighted by Gasteiger charge is 2.08. The van der Waals surface area contributed by atoms with Gasteiger partial charge in [0.15, 0.2) is 0 Å². The second kappa shape index (κ2) is 5.47. The predicted octanol–water partition coefficient (Wildman–Crippen LogP) is 4.25. The summed E-state index contributed by atoms with van der Waals surface area (Å²) in [7, 11) is 0. The van der Waals surface area contributed by atoms with Gasteiger partial charge in [-0.15, -0.1) is 0 Å². The molecule has 0 fully saturated rings. The molecule has 0 amide bonds. The standard InChI is InChI=1S/C17H14O2S/c1-13-6-2-5-9-17(13)19-20(18)16-11-10-14-7-3-4-8-15(14)12-16/h2-12H,1H3. The minimum atomic E-state index is -1.50. The van der Waals surface area contributed by atoms with Gasteiger partial charge in [0, 0.05) is 0 Å². The third kappa shape index (κ3) is 2.58. The summed E-state index contributed by atoms with van der Waals surface area (Å²) >= 11 is -1.50. The van der Waals surface area contributed by atoms with Crippen LogP contribution < -0.4 is 4.18 Å². The first kappa shape index (κ1) is 12.9. The molecule has 1 atom stereocenters. The molecule has 100 valence electrons. The molecule has 0 aliphatic rings. The molecule has 0 saturated heterocycles. The summed E-state index contributed by atoms with van der Waals surface area (Å²) < 4.78 is 17.9. The average Bonchev–Trinajstić information content (AvgIpc) is 2.49. The van der Waals surface area contributed by atoms with Gasteiger partial charge in [-0.2, -0.15) is 0 Å². The summed E-state index contributed by atoms with van der Waals surface area (Å²) in [6, 6.07) is 21.3. The van der Waals surface area contributed by atoms with Crippen LogP contribution in [0.1, 0.15) is 5.56 Å². The number of fused-ring (bicyclic) bond motifs is 1. The maximum atomic E-state index is 12.3. The molecule has 0 N–H and O–H groups in total. The molecule has 3 aromatic carbocycles. The van der Waals surface area contributed by atoms with Crippen LogP contribution in [0.25, 0.3) is 10.8 Å². The highest BCUT2D eigenvalue weighted by atomic mass is 32.2. The van der Waals surface area contributed by atoms with E-state index in [9.17, 15) is 4.21 Å². The fraction of sp³-hybridized carbons (Fsp3) is 0.0588. The minimum absolute atomic E-state index is 0.652. The Balaban J connectivity index is 1.91. The van der Waals surface area contributed by atoms with Crippen LogP contribution in [-0.4, -0.2) is 4.21 Å². The van der Waals surface area contributed by atoms with Gasteiger partial charge in [0.25, 0.3) is 0 Å². The largest absolute Gasteiger partial charge is 0.397 e. The number of hydrogen-bond acceptors (Lipinski definition) is 2. The zero-order valence-corrected chi connectivity index (χ0v) is 11.9. The van der Waals surface area contributed by atoms with Crippen LogP contribution in [0.15, 0.2) is 71.6 Å². The van der Waals surface area contributed by atoms with Gasteiger partial charge in [0.2, 0.25) is 11.1 Å². The summed E-state index contributed by atoms with van der Waals surface area (Å²) in [4.78, 5) is 0.673. The van der Waals surface area contributed by atoms with Gasteiger partial charge in [-0.25, -0.2) is 4.21 Å². The van der Waals surface area contributed by atoms with E-state index in [2.05, 4.69) is 0 Å². The Morgan fingerprint density at radius 1 is 0.850 bits per heavy atom. The SMILES string of the molecule is Cc1ccccc1OS(=O)c1ccc2ccccc2c1. The molecule has 0 bridgehead atoms. The topological polar surface area (TPSA) is 26.3 Å². The zero-order valence-electron chi connectivity index (χ0n) is 11.1. The van der Waals surface area contributed by atoms with Crippen LogP contribution in [-0.2, 0) is 11.1 Å². The third-order valence-electron chi connectivity index (χ3n) is 3.17. The molecular formula is C17H14O2S. The van der Waals surface area contributed by atoms with Crippen molar-refractivity contribution < 1.29 is 8.39 Å². The van der Waals surface area contributed by atoms with Gasteiger partial charge in [0.05, 0.1) is 4.90 Å². The maximum absolute atomic E-state index is 12.3. The monoisotopic (exact) mass is 282 g/mol. The quantitative estimate of drug-likeness (QED) is 0.718. The summed E-state index contributed by atoms with van der Waals surface area (Å²) in [6.45, 7) is 1.94. The summed E-state index contributed by atoms with van der Waals surface area (Å²) in [5.41, 5.74) is 0.974. The van der Waals surface area contributed by atoms with E-state index in [1.165, 1.54) is 0 Å². The Morgan fingerprint density at radius 3 is 2.35 bits per heavy atom. The van der Waals surface area contributed by atoms with E-state index < -0.39 is 11.1 Å². The van der Waals surface area contributed by atoms with Crippen molar-refractivity contribution in [3.8, 4) is 5.75 Å². The first-order valence-corrected chi connectivity index (χ1v) is 7.46. The number of benzene rings is 3.